The van der Waals surface area contributed by atoms with Crippen LogP contribution in [-0.4, -0.2) is 88.7 Å². The summed E-state index contributed by atoms with van der Waals surface area (Å²) < 4.78 is 0. The molecule has 15 heteroatoms. The normalized spacial score (nSPS) is 19.6. The molecular formula is C48H50N6O8S. The zero-order chi connectivity index (χ0) is 44.9. The van der Waals surface area contributed by atoms with Gasteiger partial charge in [0.05, 0.1) is 0 Å². The molecule has 0 radical (unpaired) electrons. The van der Waals surface area contributed by atoms with Crippen molar-refractivity contribution in [2.75, 3.05) is 12.4 Å². The SMILES string of the molecule is C[C@@H](C(=O)O)N(C)C(=O)[C@@H]1Cc2ccc(cc2)NC(=O)CCC(=O)N[C@H](Cc2cccs2)C(=O)N[C@@H](Cc2ccc(-c3ccccc3)cc2)C(=O)N[C@H](Cc2ccccc2)C(=O)N1. The number of carbonyl (C=O) groups is 7. The molecule has 5 atom stereocenters. The van der Waals surface area contributed by atoms with Crippen LogP contribution >= 0.6 is 11.3 Å². The van der Waals surface area contributed by atoms with Crippen LogP contribution < -0.4 is 26.6 Å². The van der Waals surface area contributed by atoms with Crippen LogP contribution in [0.3, 0.4) is 0 Å². The highest BCUT2D eigenvalue weighted by atomic mass is 32.1. The lowest BCUT2D eigenvalue weighted by molar-refractivity contribution is -0.149. The lowest BCUT2D eigenvalue weighted by Crippen LogP contribution is -2.60. The van der Waals surface area contributed by atoms with Crippen LogP contribution in [0, 0.1) is 0 Å². The number of hydrogen-bond donors (Lipinski definition) is 6. The van der Waals surface area contributed by atoms with Gasteiger partial charge in [-0.1, -0.05) is 103 Å². The monoisotopic (exact) mass is 870 g/mol. The first-order chi connectivity index (χ1) is 30.3. The van der Waals surface area contributed by atoms with E-state index < -0.39 is 71.6 Å². The Labute approximate surface area is 369 Å². The number of carbonyl (C=O) groups excluding carboxylic acids is 6. The van der Waals surface area contributed by atoms with E-state index in [0.717, 1.165) is 20.9 Å². The number of thiophene rings is 1. The van der Waals surface area contributed by atoms with Crippen LogP contribution in [0.1, 0.15) is 41.3 Å². The van der Waals surface area contributed by atoms with Gasteiger partial charge in [0, 0.05) is 56.1 Å². The second-order valence-corrected chi connectivity index (χ2v) is 16.5. The molecule has 0 saturated heterocycles. The smallest absolute Gasteiger partial charge is 0.326 e. The fourth-order valence-corrected chi connectivity index (χ4v) is 7.86. The van der Waals surface area contributed by atoms with Crippen LogP contribution in [0.15, 0.2) is 127 Å². The van der Waals surface area contributed by atoms with Gasteiger partial charge in [0.1, 0.15) is 30.2 Å². The molecule has 2 aliphatic heterocycles. The van der Waals surface area contributed by atoms with Crippen LogP contribution in [-0.2, 0) is 59.2 Å². The summed E-state index contributed by atoms with van der Waals surface area (Å²) in [6.45, 7) is 1.35. The van der Waals surface area contributed by atoms with Crippen molar-refractivity contribution >= 4 is 58.4 Å². The third-order valence-electron chi connectivity index (χ3n) is 10.8. The van der Waals surface area contributed by atoms with Crippen LogP contribution in [0.4, 0.5) is 5.69 Å². The Morgan fingerprint density at radius 2 is 1.17 bits per heavy atom. The summed E-state index contributed by atoms with van der Waals surface area (Å²) in [5, 5.41) is 25.6. The van der Waals surface area contributed by atoms with E-state index in [9.17, 15) is 38.7 Å². The van der Waals surface area contributed by atoms with E-state index in [1.165, 1.54) is 25.3 Å². The number of carboxylic acid groups (broad SMARTS) is 1. The minimum Gasteiger partial charge on any atom is -0.480 e. The molecule has 6 N–H and O–H groups in total. The standard InChI is InChI=1S/C48H50N6O8S/c1-30(48(61)62)54(2)47(60)41-28-33-17-21-36(22-18-33)49-42(55)23-24-43(56)50-40(29-37-14-9-25-63-37)46(59)52-39(27-32-15-19-35(20-16-32)34-12-7-4-8-13-34)44(57)51-38(45(58)53-41)26-31-10-5-3-6-11-31/h3-22,25,30,38-41H,23-24,26-29H2,1-2H3,(H,49,55)(H,50,56)(H,51,57)(H,52,59)(H,53,58)(H,61,62)/t30-,38+,39-,40+,41-/m0/s1. The van der Waals surface area contributed by atoms with Gasteiger partial charge in [-0.25, -0.2) is 4.79 Å². The quantitative estimate of drug-likeness (QED) is 0.112. The molecule has 0 spiro atoms. The van der Waals surface area contributed by atoms with Gasteiger partial charge in [-0.15, -0.1) is 11.3 Å². The molecule has 1 aromatic heterocycles. The molecule has 0 fully saturated rings. The molecule has 0 saturated carbocycles. The summed E-state index contributed by atoms with van der Waals surface area (Å²) in [6, 6.07) is 30.2. The average Bonchev–Trinajstić information content (AvgIpc) is 3.81. The Kier molecular flexibility index (Phi) is 15.6. The second-order valence-electron chi connectivity index (χ2n) is 15.5. The Balaban J connectivity index is 1.38. The number of nitrogens with zero attached hydrogens (tertiary/aromatic N) is 1. The van der Waals surface area contributed by atoms with Gasteiger partial charge in [0.25, 0.3) is 0 Å². The molecule has 7 rings (SSSR count). The number of aliphatic carboxylic acids is 1. The van der Waals surface area contributed by atoms with Crippen molar-refractivity contribution < 1.29 is 38.7 Å². The van der Waals surface area contributed by atoms with Crippen molar-refractivity contribution in [3.8, 4) is 11.1 Å². The summed E-state index contributed by atoms with van der Waals surface area (Å²) in [5.74, 6) is -5.01. The third kappa shape index (κ3) is 12.9. The highest BCUT2D eigenvalue weighted by Crippen LogP contribution is 2.21. The maximum Gasteiger partial charge on any atom is 0.326 e. The number of anilines is 1. The predicted octanol–water partition coefficient (Wildman–Crippen LogP) is 4.29. The number of fused-ring (bicyclic) bond motifs is 18. The molecule has 14 nitrogen and oxygen atoms in total. The van der Waals surface area contributed by atoms with Gasteiger partial charge in [-0.3, -0.25) is 28.8 Å². The van der Waals surface area contributed by atoms with Gasteiger partial charge in [0.2, 0.25) is 35.4 Å². The van der Waals surface area contributed by atoms with Crippen LogP contribution in [0.2, 0.25) is 0 Å². The molecule has 5 aromatic rings. The molecule has 3 heterocycles. The first kappa shape index (κ1) is 45.4. The van der Waals surface area contributed by atoms with Crippen molar-refractivity contribution in [3.05, 3.63) is 148 Å². The van der Waals surface area contributed by atoms with Crippen molar-refractivity contribution in [2.45, 2.75) is 75.7 Å². The van der Waals surface area contributed by atoms with Crippen molar-refractivity contribution in [1.82, 2.24) is 26.2 Å². The third-order valence-corrected chi connectivity index (χ3v) is 11.7. The number of hydrogen-bond acceptors (Lipinski definition) is 8. The highest BCUT2D eigenvalue weighted by Gasteiger charge is 2.34. The minimum atomic E-state index is -1.28. The van der Waals surface area contributed by atoms with Gasteiger partial charge in [-0.2, -0.15) is 0 Å². The fraction of sp³-hybridized carbons (Fsp3) is 0.271. The Hall–Kier alpha value is -7.13. The fourth-order valence-electron chi connectivity index (χ4n) is 7.10. The van der Waals surface area contributed by atoms with Gasteiger partial charge >= 0.3 is 5.97 Å². The largest absolute Gasteiger partial charge is 0.480 e. The molecule has 2 aliphatic rings. The topological polar surface area (TPSA) is 203 Å². The number of amides is 6. The summed E-state index contributed by atoms with van der Waals surface area (Å²) in [6.07, 6.45) is -0.372. The van der Waals surface area contributed by atoms with E-state index in [0.29, 0.717) is 22.4 Å². The maximum absolute atomic E-state index is 14.6. The number of rotatable bonds is 10. The van der Waals surface area contributed by atoms with E-state index in [-0.39, 0.29) is 38.5 Å². The minimum absolute atomic E-state index is 0.000956. The van der Waals surface area contributed by atoms with E-state index in [1.807, 2.05) is 78.2 Å². The zero-order valence-electron chi connectivity index (χ0n) is 34.9. The number of carboxylic acids is 1. The molecule has 63 heavy (non-hydrogen) atoms. The molecule has 0 aliphatic carbocycles. The molecular weight excluding hydrogens is 821 g/mol. The number of likely N-dealkylation sites (N-methyl/N-ethyl adjacent to an activating group) is 1. The Bertz CT molecular complexity index is 2380. The van der Waals surface area contributed by atoms with Crippen molar-refractivity contribution in [1.29, 1.82) is 0 Å². The van der Waals surface area contributed by atoms with E-state index in [4.69, 9.17) is 0 Å². The number of benzene rings is 4. The predicted molar refractivity (Wildman–Crippen MR) is 239 cm³/mol. The van der Waals surface area contributed by atoms with Gasteiger partial charge in [-0.05, 0) is 58.3 Å². The molecule has 2 bridgehead atoms. The van der Waals surface area contributed by atoms with Crippen molar-refractivity contribution in [3.63, 3.8) is 0 Å². The first-order valence-corrected chi connectivity index (χ1v) is 21.5. The first-order valence-electron chi connectivity index (χ1n) is 20.6. The summed E-state index contributed by atoms with van der Waals surface area (Å²) >= 11 is 1.40. The van der Waals surface area contributed by atoms with Crippen molar-refractivity contribution in [2.24, 2.45) is 0 Å². The zero-order valence-corrected chi connectivity index (χ0v) is 35.7. The Morgan fingerprint density at radius 3 is 1.76 bits per heavy atom. The van der Waals surface area contributed by atoms with Crippen LogP contribution in [0.25, 0.3) is 11.1 Å². The van der Waals surface area contributed by atoms with E-state index >= 15 is 0 Å². The maximum atomic E-state index is 14.6. The molecule has 6 amide bonds. The average molecular weight is 871 g/mol. The van der Waals surface area contributed by atoms with E-state index in [2.05, 4.69) is 26.6 Å². The highest BCUT2D eigenvalue weighted by molar-refractivity contribution is 7.09. The second kappa shape index (κ2) is 21.6. The molecule has 326 valence electrons. The molecule has 0 unspecified atom stereocenters. The Morgan fingerprint density at radius 1 is 0.635 bits per heavy atom. The van der Waals surface area contributed by atoms with E-state index in [1.54, 1.807) is 48.5 Å². The lowest BCUT2D eigenvalue weighted by atomic mass is 9.99. The summed E-state index contributed by atoms with van der Waals surface area (Å²) in [5.41, 5.74) is 4.31. The lowest BCUT2D eigenvalue weighted by Gasteiger charge is -2.29. The summed E-state index contributed by atoms with van der Waals surface area (Å²) in [4.78, 5) is 97.5. The van der Waals surface area contributed by atoms with Crippen LogP contribution in [0.5, 0.6) is 0 Å². The number of nitrogens with one attached hydrogen (secondary N) is 5. The van der Waals surface area contributed by atoms with Gasteiger partial charge in [0.15, 0.2) is 0 Å². The van der Waals surface area contributed by atoms with Gasteiger partial charge < -0.3 is 36.6 Å². The molecule has 4 aromatic carbocycles. The summed E-state index contributed by atoms with van der Waals surface area (Å²) in [7, 11) is 1.33.